The van der Waals surface area contributed by atoms with Gasteiger partial charge < -0.3 is 25.4 Å². The second kappa shape index (κ2) is 13.3. The van der Waals surface area contributed by atoms with Crippen molar-refractivity contribution in [3.63, 3.8) is 0 Å². The first-order valence-electron chi connectivity index (χ1n) is 15.6. The quantitative estimate of drug-likeness (QED) is 0.342. The summed E-state index contributed by atoms with van der Waals surface area (Å²) in [6.45, 7) is 6.27. The number of aliphatic hydroxyl groups is 1. The summed E-state index contributed by atoms with van der Waals surface area (Å²) in [5.74, 6) is 1.06. The average molecular weight is 576 g/mol. The van der Waals surface area contributed by atoms with Gasteiger partial charge in [0.1, 0.15) is 5.75 Å². The van der Waals surface area contributed by atoms with Crippen molar-refractivity contribution in [1.82, 2.24) is 10.6 Å². The molecule has 8 heteroatoms. The molecular formula is C34H45N3O5. The monoisotopic (exact) mass is 575 g/mol. The third kappa shape index (κ3) is 7.33. The Bertz CT molecular complexity index is 1270. The Morgan fingerprint density at radius 1 is 1.07 bits per heavy atom. The summed E-state index contributed by atoms with van der Waals surface area (Å²) in [4.78, 5) is 41.0. The van der Waals surface area contributed by atoms with Crippen LogP contribution in [0.5, 0.6) is 5.75 Å². The van der Waals surface area contributed by atoms with E-state index in [2.05, 4.69) is 10.6 Å². The molecule has 2 saturated carbocycles. The number of benzene rings is 2. The van der Waals surface area contributed by atoms with Gasteiger partial charge in [-0.1, -0.05) is 43.7 Å². The van der Waals surface area contributed by atoms with E-state index >= 15 is 0 Å². The number of aliphatic hydroxyl groups excluding tert-OH is 1. The number of amides is 3. The van der Waals surface area contributed by atoms with Crippen molar-refractivity contribution in [1.29, 1.82) is 0 Å². The van der Waals surface area contributed by atoms with E-state index in [4.69, 9.17) is 4.74 Å². The molecule has 4 unspecified atom stereocenters. The second-order valence-electron chi connectivity index (χ2n) is 12.8. The molecule has 226 valence electrons. The van der Waals surface area contributed by atoms with E-state index < -0.39 is 18.1 Å². The molecule has 3 fully saturated rings. The lowest BCUT2D eigenvalue weighted by Crippen LogP contribution is -2.47. The minimum absolute atomic E-state index is 0.0260. The molecule has 1 saturated heterocycles. The highest BCUT2D eigenvalue weighted by atomic mass is 16.5. The number of hydrogen-bond donors (Lipinski definition) is 3. The largest absolute Gasteiger partial charge is 0.491 e. The number of nitrogens with one attached hydrogen (secondary N) is 2. The van der Waals surface area contributed by atoms with Gasteiger partial charge in [-0.3, -0.25) is 14.4 Å². The summed E-state index contributed by atoms with van der Waals surface area (Å²) in [7, 11) is 0. The van der Waals surface area contributed by atoms with Gasteiger partial charge in [0.05, 0.1) is 18.2 Å². The van der Waals surface area contributed by atoms with Gasteiger partial charge in [0.25, 0.3) is 5.91 Å². The normalized spacial score (nSPS) is 23.6. The maximum atomic E-state index is 13.7. The first kappa shape index (κ1) is 30.1. The lowest BCUT2D eigenvalue weighted by Gasteiger charge is -2.28. The molecular weight excluding hydrogens is 530 g/mol. The van der Waals surface area contributed by atoms with E-state index in [1.165, 1.54) is 19.3 Å². The molecule has 2 aromatic rings. The molecule has 8 nitrogen and oxygen atoms in total. The zero-order valence-corrected chi connectivity index (χ0v) is 25.1. The van der Waals surface area contributed by atoms with Crippen molar-refractivity contribution in [3.8, 4) is 5.75 Å². The Morgan fingerprint density at radius 3 is 2.50 bits per heavy atom. The van der Waals surface area contributed by atoms with Gasteiger partial charge in [0, 0.05) is 42.2 Å². The van der Waals surface area contributed by atoms with E-state index in [9.17, 15) is 19.5 Å². The van der Waals surface area contributed by atoms with Crippen LogP contribution in [0, 0.1) is 17.8 Å². The van der Waals surface area contributed by atoms with Crippen LogP contribution in [-0.2, 0) is 16.0 Å². The van der Waals surface area contributed by atoms with E-state index in [1.807, 2.05) is 51.1 Å². The zero-order chi connectivity index (χ0) is 29.8. The topological polar surface area (TPSA) is 108 Å². The molecule has 2 aromatic carbocycles. The number of fused-ring (bicyclic) bond motifs is 2. The van der Waals surface area contributed by atoms with Gasteiger partial charge in [-0.15, -0.1) is 0 Å². The van der Waals surface area contributed by atoms with Gasteiger partial charge in [-0.2, -0.15) is 0 Å². The third-order valence-electron chi connectivity index (χ3n) is 9.10. The molecule has 2 bridgehead atoms. The van der Waals surface area contributed by atoms with E-state index in [0.717, 1.165) is 24.3 Å². The summed E-state index contributed by atoms with van der Waals surface area (Å²) in [5.41, 5.74) is 1.96. The number of ether oxygens (including phenoxy) is 1. The maximum Gasteiger partial charge on any atom is 0.251 e. The van der Waals surface area contributed by atoms with Gasteiger partial charge >= 0.3 is 0 Å². The molecule has 0 spiro atoms. The summed E-state index contributed by atoms with van der Waals surface area (Å²) in [6.07, 6.45) is 5.58. The van der Waals surface area contributed by atoms with Crippen LogP contribution in [0.15, 0.2) is 48.5 Å². The lowest BCUT2D eigenvalue weighted by atomic mass is 9.91. The molecule has 3 N–H and O–H groups in total. The van der Waals surface area contributed by atoms with Crippen LogP contribution >= 0.6 is 0 Å². The van der Waals surface area contributed by atoms with Crippen LogP contribution in [0.1, 0.15) is 81.6 Å². The molecule has 42 heavy (non-hydrogen) atoms. The highest BCUT2D eigenvalue weighted by molar-refractivity contribution is 5.99. The summed E-state index contributed by atoms with van der Waals surface area (Å²) >= 11 is 0. The Morgan fingerprint density at radius 2 is 1.86 bits per heavy atom. The Kier molecular flexibility index (Phi) is 9.51. The Labute approximate surface area is 249 Å². The fraction of sp³-hybridized carbons (Fsp3) is 0.559. The molecule has 0 radical (unpaired) electrons. The van der Waals surface area contributed by atoms with E-state index in [0.29, 0.717) is 42.3 Å². The van der Waals surface area contributed by atoms with Gasteiger partial charge in [-0.05, 0) is 81.9 Å². The van der Waals surface area contributed by atoms with Crippen molar-refractivity contribution in [2.24, 2.45) is 17.8 Å². The maximum absolute atomic E-state index is 13.7. The molecule has 6 atom stereocenters. The molecule has 3 amide bonds. The Balaban J connectivity index is 1.31. The van der Waals surface area contributed by atoms with Crippen molar-refractivity contribution < 1.29 is 24.2 Å². The van der Waals surface area contributed by atoms with Gasteiger partial charge in [0.2, 0.25) is 11.8 Å². The van der Waals surface area contributed by atoms with Crippen molar-refractivity contribution in [2.75, 3.05) is 11.4 Å². The van der Waals surface area contributed by atoms with Crippen molar-refractivity contribution >= 4 is 23.4 Å². The highest BCUT2D eigenvalue weighted by Gasteiger charge is 2.40. The summed E-state index contributed by atoms with van der Waals surface area (Å²) in [5, 5.41) is 17.7. The van der Waals surface area contributed by atoms with Crippen LogP contribution in [0.25, 0.3) is 0 Å². The van der Waals surface area contributed by atoms with Crippen LogP contribution in [-0.4, -0.2) is 53.7 Å². The summed E-state index contributed by atoms with van der Waals surface area (Å²) in [6, 6.07) is 14.5. The molecule has 3 aliphatic rings. The average Bonchev–Trinajstić information content (AvgIpc) is 3.70. The van der Waals surface area contributed by atoms with Crippen LogP contribution in [0.2, 0.25) is 0 Å². The van der Waals surface area contributed by atoms with Gasteiger partial charge in [-0.25, -0.2) is 0 Å². The van der Waals surface area contributed by atoms with Gasteiger partial charge in [0.15, 0.2) is 0 Å². The second-order valence-corrected chi connectivity index (χ2v) is 12.8. The standard InChI is InChI=1S/C34H45N3O5/c1-21(2)42-28-19-26(18-27(20-28)37-13-7-10-32(37)39)34(41)36-30(16-23-8-5-4-6-9-23)31(38)14-22(3)33(40)35-29-17-24-11-12-25(29)15-24/h4-6,8-9,18-22,24-25,29-31,38H,7,10-17H2,1-3H3,(H,35,40)(H,36,41)/t22-,24?,25?,29?,30?,31+/m1/s1. The molecule has 1 aliphatic heterocycles. The number of carbonyl (C=O) groups excluding carboxylic acids is 3. The molecule has 1 heterocycles. The van der Waals surface area contributed by atoms with E-state index in [-0.39, 0.29) is 36.3 Å². The zero-order valence-electron chi connectivity index (χ0n) is 25.1. The predicted octanol–water partition coefficient (Wildman–Crippen LogP) is 4.63. The SMILES string of the molecule is CC(C)Oc1cc(C(=O)NC(Cc2ccccc2)[C@@H](O)C[C@@H](C)C(=O)NC2CC3CCC2C3)cc(N2CCCC2=O)c1. The third-order valence-corrected chi connectivity index (χ3v) is 9.10. The number of anilines is 1. The Hall–Kier alpha value is -3.39. The van der Waals surface area contributed by atoms with Crippen molar-refractivity contribution in [2.45, 2.75) is 96.4 Å². The smallest absolute Gasteiger partial charge is 0.251 e. The number of hydrogen-bond acceptors (Lipinski definition) is 5. The minimum Gasteiger partial charge on any atom is -0.491 e. The predicted molar refractivity (Wildman–Crippen MR) is 162 cm³/mol. The number of nitrogens with zero attached hydrogens (tertiary/aromatic N) is 1. The molecule has 0 aromatic heterocycles. The fourth-order valence-corrected chi connectivity index (χ4v) is 6.91. The van der Waals surface area contributed by atoms with Crippen LogP contribution in [0.4, 0.5) is 5.69 Å². The highest BCUT2D eigenvalue weighted by Crippen LogP contribution is 2.44. The van der Waals surface area contributed by atoms with E-state index in [1.54, 1.807) is 23.1 Å². The summed E-state index contributed by atoms with van der Waals surface area (Å²) < 4.78 is 5.93. The fourth-order valence-electron chi connectivity index (χ4n) is 6.91. The first-order valence-corrected chi connectivity index (χ1v) is 15.6. The molecule has 2 aliphatic carbocycles. The number of rotatable bonds is 12. The van der Waals surface area contributed by atoms with Crippen LogP contribution in [0.3, 0.4) is 0 Å². The van der Waals surface area contributed by atoms with Crippen molar-refractivity contribution in [3.05, 3.63) is 59.7 Å². The lowest BCUT2D eigenvalue weighted by molar-refractivity contribution is -0.126. The molecule has 5 rings (SSSR count). The minimum atomic E-state index is -0.940. The first-order chi connectivity index (χ1) is 20.2. The number of carbonyl (C=O) groups is 3. The van der Waals surface area contributed by atoms with Crippen LogP contribution < -0.4 is 20.3 Å².